The maximum absolute atomic E-state index is 9.65. The Morgan fingerprint density at radius 3 is 1.96 bits per heavy atom. The maximum Gasteiger partial charge on any atom is 0.297 e. The van der Waals surface area contributed by atoms with Crippen LogP contribution in [-0.4, -0.2) is 6.71 Å². The highest BCUT2D eigenvalue weighted by Crippen LogP contribution is 2.48. The SMILES string of the molecule is [2H]c1c([2H])c([2H])c(-c2cc3c4c(c2)N(c2ccccc2)c2c(oc5ccccc25)B4c2cc(-c4ccccc4)ccc2N3c2c([2H])c([2H])c(C(C)(C)C)c([2H])c2[2H])c([2H])c1[2H]. The highest BCUT2D eigenvalue weighted by Gasteiger charge is 2.47. The van der Waals surface area contributed by atoms with Crippen molar-refractivity contribution in [3.05, 3.63) is 175 Å². The molecule has 1 aromatic heterocycles. The van der Waals surface area contributed by atoms with Gasteiger partial charge in [-0.25, -0.2) is 0 Å². The van der Waals surface area contributed by atoms with E-state index in [1.54, 1.807) is 11.0 Å². The molecule has 10 rings (SSSR count). The molecule has 2 aliphatic heterocycles. The van der Waals surface area contributed by atoms with Gasteiger partial charge in [0.1, 0.15) is 5.58 Å². The average Bonchev–Trinajstić information content (AvgIpc) is 3.64. The van der Waals surface area contributed by atoms with Crippen molar-refractivity contribution in [2.75, 3.05) is 9.80 Å². The lowest BCUT2D eigenvalue weighted by Crippen LogP contribution is -2.61. The van der Waals surface area contributed by atoms with Crippen LogP contribution in [-0.2, 0) is 5.41 Å². The summed E-state index contributed by atoms with van der Waals surface area (Å²) >= 11 is 0. The lowest BCUT2D eigenvalue weighted by atomic mass is 9.35. The van der Waals surface area contributed by atoms with Crippen LogP contribution in [0.5, 0.6) is 0 Å². The largest absolute Gasteiger partial charge is 0.468 e. The van der Waals surface area contributed by atoms with E-state index in [9.17, 15) is 5.48 Å². The summed E-state index contributed by atoms with van der Waals surface area (Å²) in [5.41, 5.74) is 7.90. The third kappa shape index (κ3) is 4.75. The molecule has 0 unspecified atom stereocenters. The zero-order valence-electron chi connectivity index (χ0n) is 37.8. The van der Waals surface area contributed by atoms with Gasteiger partial charge in [0.05, 0.1) is 23.7 Å². The molecule has 0 aliphatic carbocycles. The molecule has 0 N–H and O–H groups in total. The van der Waals surface area contributed by atoms with E-state index in [0.29, 0.717) is 33.9 Å². The smallest absolute Gasteiger partial charge is 0.297 e. The Morgan fingerprint density at radius 2 is 1.23 bits per heavy atom. The summed E-state index contributed by atoms with van der Waals surface area (Å²) in [6.07, 6.45) is 0. The number of nitrogens with zero attached hydrogens (tertiary/aromatic N) is 2. The molecule has 0 fully saturated rings. The van der Waals surface area contributed by atoms with Crippen LogP contribution in [0, 0.1) is 0 Å². The van der Waals surface area contributed by atoms with Gasteiger partial charge < -0.3 is 14.2 Å². The van der Waals surface area contributed by atoms with Gasteiger partial charge in [-0.1, -0.05) is 136 Å². The third-order valence-corrected chi connectivity index (χ3v) is 10.1. The Labute approximate surface area is 318 Å². The fourth-order valence-electron chi connectivity index (χ4n) is 7.66. The van der Waals surface area contributed by atoms with Gasteiger partial charge in [-0.15, -0.1) is 0 Å². The van der Waals surface area contributed by atoms with Gasteiger partial charge in [0.25, 0.3) is 6.71 Å². The van der Waals surface area contributed by atoms with E-state index in [1.807, 2.05) is 124 Å². The number of furan rings is 1. The standard InChI is InChI=1S/C48H37BN2O/c1-48(2,3)36-24-26-38(27-25-36)50-41-28-23-34(32-15-7-4-8-16-32)29-40(41)49-45-42(50)30-35(33-17-9-5-10-18-33)31-43(45)51(37-19-11-6-12-20-37)46-39-21-13-14-22-44(39)52-47(46)49/h4-31H,1-3H3/i5D,9D,10D,17D,18D,24D,25D,26D,27D. The number of hydrogen-bond acceptors (Lipinski definition) is 3. The molecule has 0 saturated carbocycles. The molecule has 248 valence electrons. The monoisotopic (exact) mass is 677 g/mol. The van der Waals surface area contributed by atoms with Gasteiger partial charge in [0.2, 0.25) is 0 Å². The normalized spacial score (nSPS) is 15.6. The number of hydrogen-bond donors (Lipinski definition) is 0. The summed E-state index contributed by atoms with van der Waals surface area (Å²) in [6.45, 7) is 5.03. The summed E-state index contributed by atoms with van der Waals surface area (Å²) in [5.74, 6) is 0. The number of fused-ring (bicyclic) bond motifs is 6. The Morgan fingerprint density at radius 1 is 0.558 bits per heavy atom. The van der Waals surface area contributed by atoms with Crippen LogP contribution >= 0.6 is 0 Å². The predicted molar refractivity (Wildman–Crippen MR) is 220 cm³/mol. The topological polar surface area (TPSA) is 19.6 Å². The second kappa shape index (κ2) is 11.6. The van der Waals surface area contributed by atoms with Gasteiger partial charge in [-0.05, 0) is 98.7 Å². The summed E-state index contributed by atoms with van der Waals surface area (Å²) in [4.78, 5) is 3.85. The van der Waals surface area contributed by atoms with Gasteiger partial charge >= 0.3 is 0 Å². The van der Waals surface area contributed by atoms with E-state index in [1.165, 1.54) is 0 Å². The molecule has 2 aliphatic rings. The van der Waals surface area contributed by atoms with Gasteiger partial charge in [0.15, 0.2) is 0 Å². The van der Waals surface area contributed by atoms with Crippen LogP contribution in [0.3, 0.4) is 0 Å². The molecule has 0 bridgehead atoms. The van der Waals surface area contributed by atoms with Crippen LogP contribution in [0.2, 0.25) is 0 Å². The zero-order valence-corrected chi connectivity index (χ0v) is 28.8. The second-order valence-electron chi connectivity index (χ2n) is 14.3. The van der Waals surface area contributed by atoms with E-state index in [-0.39, 0.29) is 53.1 Å². The molecule has 0 amide bonds. The fraction of sp³-hybridized carbons (Fsp3) is 0.0833. The minimum atomic E-state index is -0.707. The van der Waals surface area contributed by atoms with Crippen LogP contribution in [0.1, 0.15) is 38.7 Å². The van der Waals surface area contributed by atoms with E-state index >= 15 is 0 Å². The summed E-state index contributed by atoms with van der Waals surface area (Å²) in [6, 6.07) is 34.2. The Kier molecular flexibility index (Phi) is 5.05. The molecule has 7 aromatic carbocycles. The van der Waals surface area contributed by atoms with Gasteiger partial charge in [0, 0.05) is 33.8 Å². The highest BCUT2D eigenvalue weighted by atomic mass is 16.3. The Bertz CT molecular complexity index is 3090. The number of anilines is 6. The van der Waals surface area contributed by atoms with E-state index in [0.717, 1.165) is 38.8 Å². The van der Waals surface area contributed by atoms with Crippen molar-refractivity contribution < 1.29 is 16.8 Å². The lowest BCUT2D eigenvalue weighted by molar-refractivity contribution is 0.590. The molecule has 0 atom stereocenters. The molecule has 0 saturated heterocycles. The van der Waals surface area contributed by atoms with Crippen molar-refractivity contribution in [2.45, 2.75) is 26.2 Å². The molecule has 3 nitrogen and oxygen atoms in total. The second-order valence-corrected chi connectivity index (χ2v) is 14.3. The summed E-state index contributed by atoms with van der Waals surface area (Å²) < 4.78 is 88.9. The van der Waals surface area contributed by atoms with Crippen LogP contribution < -0.4 is 26.4 Å². The first-order valence-electron chi connectivity index (χ1n) is 21.9. The Balaban J connectivity index is 1.41. The van der Waals surface area contributed by atoms with Crippen LogP contribution in [0.4, 0.5) is 34.1 Å². The average molecular weight is 678 g/mol. The molecule has 0 spiro atoms. The fourth-order valence-corrected chi connectivity index (χ4v) is 7.66. The van der Waals surface area contributed by atoms with E-state index in [2.05, 4.69) is 11.0 Å². The minimum absolute atomic E-state index is 0.00901. The van der Waals surface area contributed by atoms with Crippen molar-refractivity contribution in [1.29, 1.82) is 0 Å². The van der Waals surface area contributed by atoms with Crippen LogP contribution in [0.25, 0.3) is 33.2 Å². The first-order valence-corrected chi connectivity index (χ1v) is 17.4. The predicted octanol–water partition coefficient (Wildman–Crippen LogP) is 11.1. The van der Waals surface area contributed by atoms with E-state index in [4.69, 9.17) is 11.3 Å². The van der Waals surface area contributed by atoms with Gasteiger partial charge in [-0.2, -0.15) is 0 Å². The van der Waals surface area contributed by atoms with Gasteiger partial charge in [-0.3, -0.25) is 0 Å². The molecule has 4 heteroatoms. The first kappa shape index (κ1) is 22.5. The maximum atomic E-state index is 9.65. The van der Waals surface area contributed by atoms with Crippen molar-refractivity contribution in [3.63, 3.8) is 0 Å². The first-order chi connectivity index (χ1) is 29.2. The summed E-state index contributed by atoms with van der Waals surface area (Å²) in [5, 5.41) is 0.849. The van der Waals surface area contributed by atoms with Crippen molar-refractivity contribution in [2.24, 2.45) is 0 Å². The molecular weight excluding hydrogens is 631 g/mol. The van der Waals surface area contributed by atoms with Crippen molar-refractivity contribution in [1.82, 2.24) is 0 Å². The number of rotatable bonds is 4. The van der Waals surface area contributed by atoms with E-state index < -0.39 is 30.3 Å². The molecule has 0 radical (unpaired) electrons. The Hall–Kier alpha value is -6.26. The van der Waals surface area contributed by atoms with Crippen molar-refractivity contribution >= 4 is 68.4 Å². The summed E-state index contributed by atoms with van der Waals surface area (Å²) in [7, 11) is 0. The number of benzene rings is 7. The molecule has 3 heterocycles. The zero-order chi connectivity index (χ0) is 42.8. The van der Waals surface area contributed by atoms with Crippen molar-refractivity contribution in [3.8, 4) is 22.3 Å². The highest BCUT2D eigenvalue weighted by molar-refractivity contribution is 7.00. The lowest BCUT2D eigenvalue weighted by Gasteiger charge is -2.43. The quantitative estimate of drug-likeness (QED) is 0.173. The molecular formula is C48H37BN2O. The number of para-hydroxylation sites is 2. The molecule has 8 aromatic rings. The minimum Gasteiger partial charge on any atom is -0.468 e. The van der Waals surface area contributed by atoms with Crippen LogP contribution in [0.15, 0.2) is 174 Å². The molecule has 52 heavy (non-hydrogen) atoms. The third-order valence-electron chi connectivity index (χ3n) is 10.1.